The molecule has 0 unspecified atom stereocenters. The number of carbonyl (C=O) groups excluding carboxylic acids is 1. The first-order chi connectivity index (χ1) is 7.36. The van der Waals surface area contributed by atoms with Crippen molar-refractivity contribution in [1.29, 1.82) is 0 Å². The summed E-state index contributed by atoms with van der Waals surface area (Å²) in [6.45, 7) is -1.79. The second-order valence-corrected chi connectivity index (χ2v) is 3.28. The van der Waals surface area contributed by atoms with Crippen molar-refractivity contribution in [2.24, 2.45) is 0 Å². The smallest absolute Gasteiger partial charge is 0.195 e. The molecule has 0 aromatic carbocycles. The molecule has 16 heavy (non-hydrogen) atoms. The van der Waals surface area contributed by atoms with Crippen LogP contribution in [-0.2, 0) is 4.79 Å². The van der Waals surface area contributed by atoms with Crippen molar-refractivity contribution in [2.45, 2.75) is 30.5 Å². The number of aliphatic hydroxyl groups excluding tert-OH is 7. The first kappa shape index (κ1) is 15.4. The molecule has 0 aromatic heterocycles. The zero-order valence-corrected chi connectivity index (χ0v) is 8.34. The van der Waals surface area contributed by atoms with E-state index in [2.05, 4.69) is 0 Å². The maximum absolute atomic E-state index is 11.2. The van der Waals surface area contributed by atoms with Gasteiger partial charge in [0.2, 0.25) is 0 Å². The molecule has 7 N–H and O–H groups in total. The summed E-state index contributed by atoms with van der Waals surface area (Å²) in [5, 5.41) is 62.1. The molecule has 0 amide bonds. The van der Waals surface area contributed by atoms with Crippen molar-refractivity contribution in [3.63, 3.8) is 0 Å². The molecule has 0 aliphatic heterocycles. The van der Waals surface area contributed by atoms with Gasteiger partial charge < -0.3 is 35.7 Å². The summed E-state index contributed by atoms with van der Waals surface area (Å²) in [5.74, 6) is -1.36. The lowest BCUT2D eigenvalue weighted by Crippen LogP contribution is -2.50. The summed E-state index contributed by atoms with van der Waals surface area (Å²) in [6.07, 6.45) is -9.78. The topological polar surface area (TPSA) is 159 Å². The monoisotopic (exact) mass is 240 g/mol. The van der Waals surface area contributed by atoms with Gasteiger partial charge in [-0.2, -0.15) is 0 Å². The number of carbonyl (C=O) groups is 1. The van der Waals surface area contributed by atoms with E-state index >= 15 is 0 Å². The molecule has 0 saturated heterocycles. The molecule has 96 valence electrons. The molecular weight excluding hydrogens is 224 g/mol. The van der Waals surface area contributed by atoms with Crippen molar-refractivity contribution >= 4 is 5.78 Å². The van der Waals surface area contributed by atoms with Crippen molar-refractivity contribution < 1.29 is 40.5 Å². The fourth-order valence-corrected chi connectivity index (χ4v) is 0.951. The average Bonchev–Trinajstić information content (AvgIpc) is 2.32. The van der Waals surface area contributed by atoms with E-state index in [9.17, 15) is 9.90 Å². The lowest BCUT2D eigenvalue weighted by molar-refractivity contribution is -0.155. The van der Waals surface area contributed by atoms with Crippen LogP contribution in [0.5, 0.6) is 0 Å². The van der Waals surface area contributed by atoms with Gasteiger partial charge in [-0.25, -0.2) is 0 Å². The van der Waals surface area contributed by atoms with Crippen molar-refractivity contribution in [2.75, 3.05) is 13.2 Å². The zero-order chi connectivity index (χ0) is 12.9. The molecule has 0 radical (unpaired) electrons. The molecule has 0 aliphatic rings. The fraction of sp³-hybridized carbons (Fsp3) is 0.875. The largest absolute Gasteiger partial charge is 0.394 e. The van der Waals surface area contributed by atoms with Gasteiger partial charge in [0, 0.05) is 0 Å². The molecule has 0 spiro atoms. The van der Waals surface area contributed by atoms with Crippen LogP contribution in [0.4, 0.5) is 0 Å². The van der Waals surface area contributed by atoms with Crippen LogP contribution in [0, 0.1) is 0 Å². The minimum absolute atomic E-state index is 0.885. The van der Waals surface area contributed by atoms with Gasteiger partial charge >= 0.3 is 0 Å². The Hall–Kier alpha value is -0.610. The summed E-state index contributed by atoms with van der Waals surface area (Å²) < 4.78 is 0. The Kier molecular flexibility index (Phi) is 6.60. The van der Waals surface area contributed by atoms with Gasteiger partial charge in [-0.1, -0.05) is 0 Å². The van der Waals surface area contributed by atoms with Gasteiger partial charge in [-0.15, -0.1) is 0 Å². The molecule has 0 fully saturated rings. The Labute approximate surface area is 91.0 Å². The molecule has 0 aromatic rings. The predicted molar refractivity (Wildman–Crippen MR) is 49.2 cm³/mol. The summed E-state index contributed by atoms with van der Waals surface area (Å²) >= 11 is 0. The molecule has 0 rings (SSSR count). The number of Topliss-reactive ketones (excluding diaryl/α,β-unsaturated/α-hetero) is 1. The van der Waals surface area contributed by atoms with Crippen LogP contribution >= 0.6 is 0 Å². The van der Waals surface area contributed by atoms with Crippen LogP contribution in [0.3, 0.4) is 0 Å². The minimum atomic E-state index is -2.17. The number of ketones is 1. The van der Waals surface area contributed by atoms with Crippen molar-refractivity contribution in [3.05, 3.63) is 0 Å². The second kappa shape index (κ2) is 6.86. The van der Waals surface area contributed by atoms with Crippen LogP contribution < -0.4 is 0 Å². The maximum atomic E-state index is 11.2. The number of hydrogen-bond donors (Lipinski definition) is 7. The Morgan fingerprint density at radius 2 is 1.25 bits per heavy atom. The second-order valence-electron chi connectivity index (χ2n) is 3.28. The van der Waals surface area contributed by atoms with Crippen LogP contribution in [-0.4, -0.2) is 85.3 Å². The SMILES string of the molecule is O=C([C@@H](O)[C@@H](O)[C@H](O)CO)[C@@H](O)[C@H](O)CO. The standard InChI is InChI=1S/C8H16O8/c9-1-3(11)5(13)7(15)8(16)6(14)4(12)2-10/h3-7,9-15H,1-2H2/t3-,4-,5+,6+,7+/m1/s1. The molecule has 0 saturated carbocycles. The van der Waals surface area contributed by atoms with E-state index in [1.54, 1.807) is 0 Å². The van der Waals surface area contributed by atoms with E-state index in [1.807, 2.05) is 0 Å². The lowest BCUT2D eigenvalue weighted by atomic mass is 9.98. The van der Waals surface area contributed by atoms with Gasteiger partial charge in [0.05, 0.1) is 13.2 Å². The first-order valence-corrected chi connectivity index (χ1v) is 4.52. The third-order valence-electron chi connectivity index (χ3n) is 2.04. The third kappa shape index (κ3) is 3.76. The average molecular weight is 240 g/mol. The third-order valence-corrected chi connectivity index (χ3v) is 2.04. The number of hydrogen-bond acceptors (Lipinski definition) is 8. The van der Waals surface area contributed by atoms with Gasteiger partial charge in [0.1, 0.15) is 30.5 Å². The predicted octanol–water partition coefficient (Wildman–Crippen LogP) is -4.66. The highest BCUT2D eigenvalue weighted by Crippen LogP contribution is 2.06. The van der Waals surface area contributed by atoms with Gasteiger partial charge in [0.25, 0.3) is 0 Å². The van der Waals surface area contributed by atoms with Gasteiger partial charge in [0.15, 0.2) is 5.78 Å². The van der Waals surface area contributed by atoms with Crippen molar-refractivity contribution in [3.8, 4) is 0 Å². The molecule has 8 heteroatoms. The quantitative estimate of drug-likeness (QED) is 0.234. The highest BCUT2D eigenvalue weighted by molar-refractivity contribution is 5.88. The minimum Gasteiger partial charge on any atom is -0.394 e. The van der Waals surface area contributed by atoms with E-state index in [4.69, 9.17) is 30.6 Å². The molecule has 8 nitrogen and oxygen atoms in total. The Bertz CT molecular complexity index is 220. The van der Waals surface area contributed by atoms with Crippen LogP contribution in [0.25, 0.3) is 0 Å². The highest BCUT2D eigenvalue weighted by Gasteiger charge is 2.36. The summed E-state index contributed by atoms with van der Waals surface area (Å²) in [7, 11) is 0. The molecule has 0 bridgehead atoms. The molecule has 0 aliphatic carbocycles. The molecule has 5 atom stereocenters. The van der Waals surface area contributed by atoms with Crippen LogP contribution in [0.1, 0.15) is 0 Å². The van der Waals surface area contributed by atoms with E-state index in [-0.39, 0.29) is 0 Å². The Morgan fingerprint density at radius 3 is 1.62 bits per heavy atom. The maximum Gasteiger partial charge on any atom is 0.195 e. The van der Waals surface area contributed by atoms with Gasteiger partial charge in [-0.3, -0.25) is 4.79 Å². The van der Waals surface area contributed by atoms with E-state index < -0.39 is 49.5 Å². The van der Waals surface area contributed by atoms with Crippen LogP contribution in [0.15, 0.2) is 0 Å². The summed E-state index contributed by atoms with van der Waals surface area (Å²) in [5.41, 5.74) is 0. The van der Waals surface area contributed by atoms with Gasteiger partial charge in [-0.05, 0) is 0 Å². The van der Waals surface area contributed by atoms with Crippen molar-refractivity contribution in [1.82, 2.24) is 0 Å². The summed E-state index contributed by atoms with van der Waals surface area (Å²) in [4.78, 5) is 11.2. The normalized spacial score (nSPS) is 20.9. The molecule has 0 heterocycles. The van der Waals surface area contributed by atoms with E-state index in [0.29, 0.717) is 0 Å². The Morgan fingerprint density at radius 1 is 0.812 bits per heavy atom. The fourth-order valence-electron chi connectivity index (χ4n) is 0.951. The summed E-state index contributed by atoms with van der Waals surface area (Å²) in [6, 6.07) is 0. The van der Waals surface area contributed by atoms with E-state index in [0.717, 1.165) is 0 Å². The molecular formula is C8H16O8. The lowest BCUT2D eigenvalue weighted by Gasteiger charge is -2.23. The first-order valence-electron chi connectivity index (χ1n) is 4.52. The highest BCUT2D eigenvalue weighted by atomic mass is 16.4. The van der Waals surface area contributed by atoms with E-state index in [1.165, 1.54) is 0 Å². The zero-order valence-electron chi connectivity index (χ0n) is 8.34. The Balaban J connectivity index is 4.48. The number of aliphatic hydroxyl groups is 7. The number of rotatable bonds is 7. The van der Waals surface area contributed by atoms with Crippen LogP contribution in [0.2, 0.25) is 0 Å².